The van der Waals surface area contributed by atoms with Gasteiger partial charge in [0.2, 0.25) is 0 Å². The van der Waals surface area contributed by atoms with Crippen molar-refractivity contribution in [1.82, 2.24) is 5.32 Å². The maximum Gasteiger partial charge on any atom is 0.336 e. The molecule has 0 spiro atoms. The molecule has 11 heteroatoms. The van der Waals surface area contributed by atoms with Gasteiger partial charge >= 0.3 is 5.97 Å². The normalized spacial score (nSPS) is 18.5. The van der Waals surface area contributed by atoms with Crippen LogP contribution in [0, 0.1) is 11.6 Å². The third-order valence-electron chi connectivity index (χ3n) is 5.31. The van der Waals surface area contributed by atoms with Crippen LogP contribution in [0.2, 0.25) is 0 Å². The predicted octanol–water partition coefficient (Wildman–Crippen LogP) is 5.15. The first-order valence-corrected chi connectivity index (χ1v) is 13.1. The number of sulfone groups is 1. The average molecular weight is 619 g/mol. The maximum atomic E-state index is 13.6. The summed E-state index contributed by atoms with van der Waals surface area (Å²) in [7, 11) is -2.26. The minimum atomic E-state index is -3.50. The molecule has 0 saturated heterocycles. The van der Waals surface area contributed by atoms with E-state index in [2.05, 4.69) is 37.2 Å². The van der Waals surface area contributed by atoms with Crippen LogP contribution in [-0.4, -0.2) is 33.5 Å². The van der Waals surface area contributed by atoms with Crippen molar-refractivity contribution in [2.24, 2.45) is 0 Å². The molecular formula is C23H19Br2F2NO5S. The minimum Gasteiger partial charge on any atom is -0.466 e. The first-order valence-electron chi connectivity index (χ1n) is 9.87. The van der Waals surface area contributed by atoms with Crippen molar-refractivity contribution < 1.29 is 31.5 Å². The van der Waals surface area contributed by atoms with Gasteiger partial charge in [-0.05, 0) is 74.7 Å². The second-order valence-corrected chi connectivity index (χ2v) is 11.3. The summed E-state index contributed by atoms with van der Waals surface area (Å²) in [5.74, 6) is -2.25. The summed E-state index contributed by atoms with van der Waals surface area (Å²) in [6, 6.07) is 8.33. The molecule has 0 radical (unpaired) electrons. The number of ether oxygens (including phenoxy) is 1. The van der Waals surface area contributed by atoms with E-state index in [0.717, 1.165) is 0 Å². The molecule has 1 unspecified atom stereocenters. The summed E-state index contributed by atoms with van der Waals surface area (Å²) in [4.78, 5) is 22.6. The number of hydrogen-bond acceptors (Lipinski definition) is 6. The Kier molecular flexibility index (Phi) is 8.10. The molecule has 0 aliphatic carbocycles. The summed E-state index contributed by atoms with van der Waals surface area (Å²) in [5.41, 5.74) is 2.34. The van der Waals surface area contributed by atoms with E-state index in [4.69, 9.17) is 4.74 Å². The fraction of sp³-hybridized carbons (Fsp3) is 0.217. The van der Waals surface area contributed by atoms with E-state index in [1.54, 1.807) is 6.92 Å². The third-order valence-corrected chi connectivity index (χ3v) is 8.42. The Labute approximate surface area is 212 Å². The van der Waals surface area contributed by atoms with Gasteiger partial charge in [0.25, 0.3) is 0 Å². The monoisotopic (exact) mass is 617 g/mol. The van der Waals surface area contributed by atoms with Gasteiger partial charge in [-0.25, -0.2) is 22.0 Å². The predicted molar refractivity (Wildman–Crippen MR) is 130 cm³/mol. The molecule has 2 aliphatic heterocycles. The number of aldehydes is 1. The van der Waals surface area contributed by atoms with Crippen LogP contribution in [0.4, 0.5) is 8.78 Å². The van der Waals surface area contributed by atoms with E-state index in [9.17, 15) is 26.8 Å². The number of hydrogen-bond donors (Lipinski definition) is 1. The Morgan fingerprint density at radius 1 is 1.12 bits per heavy atom. The number of carbonyl (C=O) groups excluding carboxylic acids is 2. The van der Waals surface area contributed by atoms with Gasteiger partial charge in [-0.3, -0.25) is 4.79 Å². The highest BCUT2D eigenvalue weighted by atomic mass is 79.9. The highest BCUT2D eigenvalue weighted by Crippen LogP contribution is 2.45. The van der Waals surface area contributed by atoms with Gasteiger partial charge in [0.05, 0.1) is 38.2 Å². The Balaban J connectivity index is 0.000000271. The lowest BCUT2D eigenvalue weighted by Crippen LogP contribution is -2.29. The molecule has 0 saturated carbocycles. The molecule has 0 bridgehead atoms. The highest BCUT2D eigenvalue weighted by molar-refractivity contribution is 9.10. The summed E-state index contributed by atoms with van der Waals surface area (Å²) in [5, 5.41) is 3.02. The lowest BCUT2D eigenvalue weighted by atomic mass is 9.86. The Morgan fingerprint density at radius 3 is 2.29 bits per heavy atom. The van der Waals surface area contributed by atoms with Gasteiger partial charge in [-0.1, -0.05) is 6.07 Å². The number of allylic oxidation sites excluding steroid dienone is 3. The molecular weight excluding hydrogens is 600 g/mol. The summed E-state index contributed by atoms with van der Waals surface area (Å²) in [6.45, 7) is 1.70. The van der Waals surface area contributed by atoms with Crippen LogP contribution < -0.4 is 5.32 Å². The quantitative estimate of drug-likeness (QED) is 0.378. The maximum absolute atomic E-state index is 13.6. The van der Waals surface area contributed by atoms with Crippen molar-refractivity contribution in [2.45, 2.75) is 19.3 Å². The van der Waals surface area contributed by atoms with Gasteiger partial charge in [0, 0.05) is 23.4 Å². The number of rotatable bonds is 3. The highest BCUT2D eigenvalue weighted by Gasteiger charge is 2.43. The first kappa shape index (κ1) is 26.2. The van der Waals surface area contributed by atoms with E-state index in [1.807, 2.05) is 0 Å². The molecule has 2 heterocycles. The molecule has 0 fully saturated rings. The molecule has 2 aromatic carbocycles. The van der Waals surface area contributed by atoms with Crippen LogP contribution in [0.15, 0.2) is 67.2 Å². The number of esters is 1. The van der Waals surface area contributed by atoms with Crippen LogP contribution in [0.25, 0.3) is 0 Å². The van der Waals surface area contributed by atoms with E-state index in [-0.39, 0.29) is 26.5 Å². The van der Waals surface area contributed by atoms with Crippen molar-refractivity contribution in [3.05, 3.63) is 90.0 Å². The fourth-order valence-corrected chi connectivity index (χ4v) is 6.38. The van der Waals surface area contributed by atoms with Crippen molar-refractivity contribution >= 4 is 54.0 Å². The minimum absolute atomic E-state index is 0.00867. The van der Waals surface area contributed by atoms with E-state index >= 15 is 0 Å². The summed E-state index contributed by atoms with van der Waals surface area (Å²) >= 11 is 6.07. The number of nitrogens with one attached hydrogen (secondary N) is 1. The van der Waals surface area contributed by atoms with Crippen LogP contribution in [0.5, 0.6) is 0 Å². The van der Waals surface area contributed by atoms with Gasteiger partial charge < -0.3 is 10.1 Å². The van der Waals surface area contributed by atoms with Gasteiger partial charge in [0.1, 0.15) is 17.9 Å². The van der Waals surface area contributed by atoms with Gasteiger partial charge in [-0.2, -0.15) is 0 Å². The topological polar surface area (TPSA) is 89.5 Å². The van der Waals surface area contributed by atoms with Crippen LogP contribution >= 0.6 is 31.9 Å². The lowest BCUT2D eigenvalue weighted by Gasteiger charge is -2.28. The standard InChI is InChI=1S/C16H15BrFNO4S.C7H4BrFO/c1-8-13(16(20)23-2)14(9-3-4-11(18)10(17)7-9)15-12(19-8)5-6-24(15,21)22;8-6-3-5(4-10)1-2-7(6)9/h3-4,7,14,19H,5-6H2,1-2H3;1-4H. The summed E-state index contributed by atoms with van der Waals surface area (Å²) < 4.78 is 56.5. The van der Waals surface area contributed by atoms with E-state index in [0.29, 0.717) is 39.7 Å². The van der Waals surface area contributed by atoms with Crippen molar-refractivity contribution in [3.63, 3.8) is 0 Å². The van der Waals surface area contributed by atoms with Gasteiger partial charge in [-0.15, -0.1) is 0 Å². The van der Waals surface area contributed by atoms with Crippen molar-refractivity contribution in [2.75, 3.05) is 12.9 Å². The second-order valence-electron chi connectivity index (χ2n) is 7.46. The molecule has 2 aliphatic rings. The molecule has 0 aromatic heterocycles. The molecule has 4 rings (SSSR count). The zero-order valence-corrected chi connectivity index (χ0v) is 22.0. The van der Waals surface area contributed by atoms with Crippen LogP contribution in [0.1, 0.15) is 35.2 Å². The summed E-state index contributed by atoms with van der Waals surface area (Å²) in [6.07, 6.45) is 1.03. The SMILES string of the molecule is COC(=O)C1=C(C)NC2=C(C1c1ccc(F)c(Br)c1)S(=O)(=O)CC2.O=Cc1ccc(F)c(Br)c1. The Hall–Kier alpha value is -2.37. The molecule has 34 heavy (non-hydrogen) atoms. The molecule has 6 nitrogen and oxygen atoms in total. The van der Waals surface area contributed by atoms with E-state index < -0.39 is 27.5 Å². The molecule has 1 atom stereocenters. The third kappa shape index (κ3) is 5.31. The largest absolute Gasteiger partial charge is 0.466 e. The first-order chi connectivity index (χ1) is 16.0. The Morgan fingerprint density at radius 2 is 1.74 bits per heavy atom. The van der Waals surface area contributed by atoms with Gasteiger partial charge in [0.15, 0.2) is 9.84 Å². The van der Waals surface area contributed by atoms with Crippen LogP contribution in [0.3, 0.4) is 0 Å². The Bertz CT molecular complexity index is 1340. The van der Waals surface area contributed by atoms with Crippen LogP contribution in [-0.2, 0) is 19.4 Å². The molecule has 2 aromatic rings. The molecule has 1 N–H and O–H groups in total. The average Bonchev–Trinajstić information content (AvgIpc) is 3.10. The molecule has 0 amide bonds. The number of dihydropyridines is 1. The number of benzene rings is 2. The smallest absolute Gasteiger partial charge is 0.336 e. The fourth-order valence-electron chi connectivity index (χ4n) is 3.75. The number of methoxy groups -OCH3 is 1. The lowest BCUT2D eigenvalue weighted by molar-refractivity contribution is -0.136. The van der Waals surface area contributed by atoms with E-state index in [1.165, 1.54) is 43.5 Å². The number of carbonyl (C=O) groups is 2. The van der Waals surface area contributed by atoms with Crippen molar-refractivity contribution in [1.29, 1.82) is 0 Å². The number of halogens is 4. The second kappa shape index (κ2) is 10.5. The zero-order valence-electron chi connectivity index (χ0n) is 18.0. The zero-order chi connectivity index (χ0) is 25.2. The molecule has 180 valence electrons. The van der Waals surface area contributed by atoms with Crippen molar-refractivity contribution in [3.8, 4) is 0 Å².